The summed E-state index contributed by atoms with van der Waals surface area (Å²) in [6.07, 6.45) is -10.6. The van der Waals surface area contributed by atoms with Crippen LogP contribution in [0.15, 0.2) is 0 Å². The van der Waals surface area contributed by atoms with Gasteiger partial charge in [-0.3, -0.25) is 4.55 Å². The second-order valence-corrected chi connectivity index (χ2v) is 9.92. The smallest absolute Gasteiger partial charge is 0.735 e. The number of rotatable bonds is 8. The molecule has 0 aromatic carbocycles. The molecule has 3 fully saturated rings. The number of hydrogen-bond donors (Lipinski definition) is 6. The molecule has 3 heterocycles. The van der Waals surface area contributed by atoms with E-state index in [0.717, 1.165) is 19.6 Å². The first-order valence-electron chi connectivity index (χ1n) is 10.5. The van der Waals surface area contributed by atoms with E-state index < -0.39 is 94.9 Å². The SMILES string of the molecule is CO[C@H]1[CH-][C@H](O)[C@H](O[C@@H]2OC(CNS(=O)(=O)[O-])[C@@H](O[C@H]3[CH-][C@H](O)[C@H](O)[CH-]O3)[C@H](O)C2[NH-])[CH-]O1.O=S(=O)([O-])O.[Na+].[Na+].[Na+].[Na+].[Na+].[Na+]. The molecule has 0 saturated carbocycles. The van der Waals surface area contributed by atoms with Crippen molar-refractivity contribution in [1.29, 1.82) is 0 Å². The van der Waals surface area contributed by atoms with Gasteiger partial charge in [-0.05, 0) is 12.2 Å². The molecule has 7 N–H and O–H groups in total. The molecule has 0 amide bonds. The number of aliphatic hydroxyl groups excluding tert-OH is 4. The second-order valence-electron chi connectivity index (χ2n) is 7.86. The minimum Gasteiger partial charge on any atom is -0.735 e. The fourth-order valence-electron chi connectivity index (χ4n) is 3.30. The molecule has 11 atom stereocenters. The minimum atomic E-state index is -4.92. The van der Waals surface area contributed by atoms with E-state index in [0.29, 0.717) is 0 Å². The summed E-state index contributed by atoms with van der Waals surface area (Å²) >= 11 is 0. The second kappa shape index (κ2) is 27.8. The molecule has 0 aromatic heterocycles. The fraction of sp³-hybridized carbons (Fsp3) is 0.765. The molecule has 3 saturated heterocycles. The van der Waals surface area contributed by atoms with Crippen LogP contribution in [-0.4, -0.2) is 132 Å². The maximum Gasteiger partial charge on any atom is 1.00 e. The standard InChI is InChI=1S/C17H27N2O13S.6Na.H2O4S/c1-27-12-3-8(21)11(6-29-12)31-17-14(18)15(23)16(10(30-17)4-19-33(24,25)26)32-13-2-7(20)9(22)5-28-13;;;;;;;1-5(2,3)4/h2-3,5-23H,4H2,1H3,(H,24,25,26);;;;;;;(H2,1,2,3,4)/q-5;6*+1;/p-2/t7-,8-,9+,10?,11+,12+,13-,14?,15+,16+,17-;;;;;;;/m0......./s1. The van der Waals surface area contributed by atoms with Gasteiger partial charge in [0.2, 0.25) is 10.4 Å². The van der Waals surface area contributed by atoms with Crippen molar-refractivity contribution in [1.82, 2.24) is 4.72 Å². The van der Waals surface area contributed by atoms with Crippen LogP contribution in [0, 0.1) is 26.1 Å². The molecule has 0 radical (unpaired) electrons. The zero-order valence-electron chi connectivity index (χ0n) is 25.3. The third-order valence-electron chi connectivity index (χ3n) is 5.04. The molecule has 44 heavy (non-hydrogen) atoms. The summed E-state index contributed by atoms with van der Waals surface area (Å²) in [5.74, 6) is 0. The van der Waals surface area contributed by atoms with Gasteiger partial charge < -0.3 is 63.7 Å². The Hall–Kier alpha value is 5.30. The van der Waals surface area contributed by atoms with Gasteiger partial charge in [-0.2, -0.15) is 13.2 Å². The monoisotopic (exact) mass is 733 g/mol. The van der Waals surface area contributed by atoms with Gasteiger partial charge in [-0.1, -0.05) is 18.2 Å². The topological polar surface area (TPSA) is 307 Å². The van der Waals surface area contributed by atoms with Gasteiger partial charge in [0.25, 0.3) is 0 Å². The first kappa shape index (κ1) is 58.6. The van der Waals surface area contributed by atoms with Crippen molar-refractivity contribution in [3.05, 3.63) is 31.8 Å². The largest absolute Gasteiger partial charge is 1.00 e. The minimum absolute atomic E-state index is 0. The van der Waals surface area contributed by atoms with Gasteiger partial charge in [-0.25, -0.2) is 34.4 Å². The molecule has 3 aliphatic rings. The van der Waals surface area contributed by atoms with Crippen molar-refractivity contribution < 1.29 is 257 Å². The molecular formula is C17H27N2Na6O17S2-. The molecule has 19 nitrogen and oxygen atoms in total. The molecule has 27 heteroatoms. The predicted molar refractivity (Wildman–Crippen MR) is 115 cm³/mol. The number of nitrogens with one attached hydrogen (secondary N) is 2. The number of hydrogen-bond acceptors (Lipinski definition) is 16. The van der Waals surface area contributed by atoms with Gasteiger partial charge in [0.05, 0.1) is 6.10 Å². The van der Waals surface area contributed by atoms with E-state index in [-0.39, 0.29) is 177 Å². The van der Waals surface area contributed by atoms with Crippen LogP contribution in [0.3, 0.4) is 0 Å². The Labute approximate surface area is 388 Å². The number of aliphatic hydroxyl groups is 4. The average Bonchev–Trinajstić information content (AvgIpc) is 2.79. The molecule has 0 bridgehead atoms. The van der Waals surface area contributed by atoms with Crippen LogP contribution >= 0.6 is 0 Å². The maximum atomic E-state index is 11.0. The Morgan fingerprint density at radius 1 is 0.841 bits per heavy atom. The first-order chi connectivity index (χ1) is 17.5. The van der Waals surface area contributed by atoms with Crippen LogP contribution in [0.5, 0.6) is 0 Å². The number of methoxy groups -OCH3 is 1. The molecule has 0 aromatic rings. The summed E-state index contributed by atoms with van der Waals surface area (Å²) in [7, 11) is -8.46. The third kappa shape index (κ3) is 22.4. The Kier molecular flexibility index (Phi) is 37.1. The Morgan fingerprint density at radius 3 is 1.80 bits per heavy atom. The molecule has 226 valence electrons. The summed E-state index contributed by atoms with van der Waals surface area (Å²) in [4.78, 5) is 0. The zero-order chi connectivity index (χ0) is 28.8. The predicted octanol–water partition coefficient (Wildman–Crippen LogP) is -22.5. The normalized spacial score (nSPS) is 35.2. The summed E-state index contributed by atoms with van der Waals surface area (Å²) < 4.78 is 99.5. The van der Waals surface area contributed by atoms with E-state index in [1.54, 1.807) is 4.72 Å². The summed E-state index contributed by atoms with van der Waals surface area (Å²) in [5.41, 5.74) is 8.26. The van der Waals surface area contributed by atoms with Gasteiger partial charge >= 0.3 is 177 Å². The Bertz CT molecular complexity index is 956. The Balaban J connectivity index is -0.000000427. The molecule has 3 aliphatic heterocycles. The van der Waals surface area contributed by atoms with Crippen molar-refractivity contribution >= 4 is 20.7 Å². The zero-order valence-corrected chi connectivity index (χ0v) is 39.0. The van der Waals surface area contributed by atoms with Crippen LogP contribution in [-0.2, 0) is 49.1 Å². The van der Waals surface area contributed by atoms with Crippen molar-refractivity contribution in [2.75, 3.05) is 13.7 Å². The van der Waals surface area contributed by atoms with Crippen molar-refractivity contribution in [2.24, 2.45) is 0 Å². The molecule has 2 unspecified atom stereocenters. The van der Waals surface area contributed by atoms with Crippen LogP contribution < -0.4 is 182 Å². The van der Waals surface area contributed by atoms with Gasteiger partial charge in [-0.15, -0.1) is 0 Å². The number of ether oxygens (including phenoxy) is 6. The average molecular weight is 733 g/mol. The summed E-state index contributed by atoms with van der Waals surface area (Å²) in [6, 6.07) is -1.51. The first-order valence-corrected chi connectivity index (χ1v) is 13.2. The van der Waals surface area contributed by atoms with Gasteiger partial charge in [0.1, 0.15) is 18.5 Å². The van der Waals surface area contributed by atoms with E-state index in [4.69, 9.17) is 51.7 Å². The van der Waals surface area contributed by atoms with Gasteiger partial charge in [0.15, 0.2) is 10.3 Å². The molecule has 0 spiro atoms. The maximum absolute atomic E-state index is 11.0. The van der Waals surface area contributed by atoms with E-state index >= 15 is 0 Å². The van der Waals surface area contributed by atoms with E-state index in [1.807, 2.05) is 0 Å². The molecule has 3 rings (SSSR count). The van der Waals surface area contributed by atoms with Crippen molar-refractivity contribution in [3.63, 3.8) is 0 Å². The molecular weight excluding hydrogens is 706 g/mol. The van der Waals surface area contributed by atoms with Crippen LogP contribution in [0.4, 0.5) is 0 Å². The van der Waals surface area contributed by atoms with E-state index in [1.165, 1.54) is 13.5 Å². The summed E-state index contributed by atoms with van der Waals surface area (Å²) in [6.45, 7) is 1.36. The Morgan fingerprint density at radius 2 is 1.34 bits per heavy atom. The van der Waals surface area contributed by atoms with Crippen LogP contribution in [0.1, 0.15) is 0 Å². The van der Waals surface area contributed by atoms with Crippen molar-refractivity contribution in [2.45, 2.75) is 67.6 Å². The fourth-order valence-corrected chi connectivity index (χ4v) is 3.67. The third-order valence-corrected chi connectivity index (χ3v) is 5.56. The summed E-state index contributed by atoms with van der Waals surface area (Å²) in [5, 5.41) is 40.0. The molecule has 0 aliphatic carbocycles. The van der Waals surface area contributed by atoms with Crippen molar-refractivity contribution in [3.8, 4) is 0 Å². The van der Waals surface area contributed by atoms with Gasteiger partial charge in [0, 0.05) is 26.2 Å². The quantitative estimate of drug-likeness (QED) is 0.0584. The van der Waals surface area contributed by atoms with E-state index in [9.17, 15) is 33.4 Å². The van der Waals surface area contributed by atoms with Crippen LogP contribution in [0.2, 0.25) is 0 Å². The van der Waals surface area contributed by atoms with Crippen LogP contribution in [0.25, 0.3) is 5.73 Å². The van der Waals surface area contributed by atoms with E-state index in [2.05, 4.69) is 0 Å².